The molecule has 0 spiro atoms. The standard InChI is InChI=1S/C22H37N5O3/c1-4-18(5-2)20(27-9-11-29-12-10-27)15-26-22(24-3)25-14-17-7-6-8-19(13-17)30-16-21(23)28/h6-8,13,18,20H,4-5,9-12,14-16H2,1-3H3,(H2,23,28)(H2,24,25,26). The Morgan fingerprint density at radius 3 is 2.63 bits per heavy atom. The van der Waals surface area contributed by atoms with E-state index < -0.39 is 5.91 Å². The Kier molecular flexibility index (Phi) is 10.4. The van der Waals surface area contributed by atoms with Crippen LogP contribution < -0.4 is 21.1 Å². The van der Waals surface area contributed by atoms with Crippen LogP contribution >= 0.6 is 0 Å². The maximum absolute atomic E-state index is 10.9. The number of nitrogens with one attached hydrogen (secondary N) is 2. The molecule has 1 unspecified atom stereocenters. The van der Waals surface area contributed by atoms with Crippen LogP contribution in [0.25, 0.3) is 0 Å². The molecule has 168 valence electrons. The molecule has 1 aromatic rings. The lowest BCUT2D eigenvalue weighted by Crippen LogP contribution is -2.53. The minimum absolute atomic E-state index is 0.126. The lowest BCUT2D eigenvalue weighted by molar-refractivity contribution is -0.119. The Morgan fingerprint density at radius 1 is 1.27 bits per heavy atom. The van der Waals surface area contributed by atoms with Crippen LogP contribution in [0.5, 0.6) is 5.75 Å². The number of amides is 1. The van der Waals surface area contributed by atoms with Crippen molar-refractivity contribution in [2.75, 3.05) is 46.5 Å². The molecule has 1 fully saturated rings. The molecule has 1 aliphatic heterocycles. The van der Waals surface area contributed by atoms with Crippen LogP contribution in [0.2, 0.25) is 0 Å². The monoisotopic (exact) mass is 419 g/mol. The Labute approximate surface area is 180 Å². The number of morpholine rings is 1. The number of hydrogen-bond donors (Lipinski definition) is 3. The highest BCUT2D eigenvalue weighted by atomic mass is 16.5. The zero-order chi connectivity index (χ0) is 21.8. The second-order valence-electron chi connectivity index (χ2n) is 7.50. The van der Waals surface area contributed by atoms with Crippen molar-refractivity contribution in [2.24, 2.45) is 16.6 Å². The van der Waals surface area contributed by atoms with E-state index in [1.807, 2.05) is 24.3 Å². The molecular weight excluding hydrogens is 382 g/mol. The molecule has 2 rings (SSSR count). The number of primary amides is 1. The van der Waals surface area contributed by atoms with Gasteiger partial charge in [0.1, 0.15) is 5.75 Å². The number of nitrogens with two attached hydrogens (primary N) is 1. The summed E-state index contributed by atoms with van der Waals surface area (Å²) in [4.78, 5) is 17.8. The van der Waals surface area contributed by atoms with E-state index in [1.54, 1.807) is 7.05 Å². The van der Waals surface area contributed by atoms with Crippen molar-refractivity contribution in [3.05, 3.63) is 29.8 Å². The Morgan fingerprint density at radius 2 is 2.00 bits per heavy atom. The number of ether oxygens (including phenoxy) is 2. The van der Waals surface area contributed by atoms with E-state index in [9.17, 15) is 4.79 Å². The van der Waals surface area contributed by atoms with Crippen molar-refractivity contribution >= 4 is 11.9 Å². The molecule has 1 aliphatic rings. The van der Waals surface area contributed by atoms with Gasteiger partial charge in [0.25, 0.3) is 5.91 Å². The fourth-order valence-electron chi connectivity index (χ4n) is 3.84. The van der Waals surface area contributed by atoms with Crippen molar-refractivity contribution in [3.63, 3.8) is 0 Å². The maximum Gasteiger partial charge on any atom is 0.255 e. The van der Waals surface area contributed by atoms with Gasteiger partial charge in [-0.1, -0.05) is 38.8 Å². The van der Waals surface area contributed by atoms with Crippen molar-refractivity contribution in [3.8, 4) is 5.75 Å². The number of benzene rings is 1. The quantitative estimate of drug-likeness (QED) is 0.370. The Bertz CT molecular complexity index is 672. The second kappa shape index (κ2) is 13.1. The number of carbonyl (C=O) groups is 1. The van der Waals surface area contributed by atoms with Crippen LogP contribution in [0.4, 0.5) is 0 Å². The summed E-state index contributed by atoms with van der Waals surface area (Å²) >= 11 is 0. The molecular formula is C22H37N5O3. The van der Waals surface area contributed by atoms with Gasteiger partial charge in [-0.15, -0.1) is 0 Å². The minimum atomic E-state index is -0.490. The van der Waals surface area contributed by atoms with Crippen LogP contribution in [0.3, 0.4) is 0 Å². The van der Waals surface area contributed by atoms with Gasteiger partial charge in [-0.05, 0) is 23.6 Å². The van der Waals surface area contributed by atoms with E-state index in [-0.39, 0.29) is 6.61 Å². The highest BCUT2D eigenvalue weighted by Gasteiger charge is 2.27. The van der Waals surface area contributed by atoms with Gasteiger partial charge in [0.15, 0.2) is 12.6 Å². The zero-order valence-corrected chi connectivity index (χ0v) is 18.5. The summed E-state index contributed by atoms with van der Waals surface area (Å²) in [6.07, 6.45) is 2.31. The molecule has 0 aliphatic carbocycles. The van der Waals surface area contributed by atoms with E-state index >= 15 is 0 Å². The Balaban J connectivity index is 1.90. The van der Waals surface area contributed by atoms with Crippen LogP contribution in [0.1, 0.15) is 32.3 Å². The summed E-state index contributed by atoms with van der Waals surface area (Å²) in [5, 5.41) is 6.86. The van der Waals surface area contributed by atoms with Crippen molar-refractivity contribution < 1.29 is 14.3 Å². The molecule has 0 saturated carbocycles. The molecule has 1 amide bonds. The lowest BCUT2D eigenvalue weighted by Gasteiger charge is -2.39. The molecule has 0 aromatic heterocycles. The summed E-state index contributed by atoms with van der Waals surface area (Å²) in [7, 11) is 1.78. The van der Waals surface area contributed by atoms with E-state index in [1.165, 1.54) is 0 Å². The van der Waals surface area contributed by atoms with E-state index in [0.717, 1.165) is 57.2 Å². The molecule has 4 N–H and O–H groups in total. The van der Waals surface area contributed by atoms with Gasteiger partial charge >= 0.3 is 0 Å². The number of guanidine groups is 1. The van der Waals surface area contributed by atoms with Crippen LogP contribution in [0.15, 0.2) is 29.3 Å². The zero-order valence-electron chi connectivity index (χ0n) is 18.5. The van der Waals surface area contributed by atoms with E-state index in [2.05, 4.69) is 34.4 Å². The SMILES string of the molecule is CCC(CC)C(CNC(=NC)NCc1cccc(OCC(N)=O)c1)N1CCOCC1. The Hall–Kier alpha value is -2.32. The summed E-state index contributed by atoms with van der Waals surface area (Å²) < 4.78 is 10.9. The van der Waals surface area contributed by atoms with Gasteiger partial charge < -0.3 is 25.8 Å². The van der Waals surface area contributed by atoms with Gasteiger partial charge in [0.05, 0.1) is 13.2 Å². The van der Waals surface area contributed by atoms with Crippen molar-refractivity contribution in [2.45, 2.75) is 39.3 Å². The molecule has 1 atom stereocenters. The first-order chi connectivity index (χ1) is 14.6. The largest absolute Gasteiger partial charge is 0.484 e. The highest BCUT2D eigenvalue weighted by Crippen LogP contribution is 2.19. The third-order valence-electron chi connectivity index (χ3n) is 5.55. The number of nitrogens with zero attached hydrogens (tertiary/aromatic N) is 2. The normalized spacial score (nSPS) is 16.3. The molecule has 0 bridgehead atoms. The number of rotatable bonds is 11. The van der Waals surface area contributed by atoms with E-state index in [4.69, 9.17) is 15.2 Å². The molecule has 8 nitrogen and oxygen atoms in total. The molecule has 30 heavy (non-hydrogen) atoms. The first-order valence-electron chi connectivity index (χ1n) is 10.8. The molecule has 1 saturated heterocycles. The molecule has 0 radical (unpaired) electrons. The number of carbonyl (C=O) groups excluding carboxylic acids is 1. The van der Waals surface area contributed by atoms with Crippen LogP contribution in [-0.4, -0.2) is 69.3 Å². The summed E-state index contributed by atoms with van der Waals surface area (Å²) in [5.74, 6) is 1.53. The predicted molar refractivity (Wildman–Crippen MR) is 120 cm³/mol. The summed E-state index contributed by atoms with van der Waals surface area (Å²) in [5.41, 5.74) is 6.17. The van der Waals surface area contributed by atoms with Gasteiger partial charge in [-0.25, -0.2) is 0 Å². The fraction of sp³-hybridized carbons (Fsp3) is 0.636. The molecule has 1 heterocycles. The highest BCUT2D eigenvalue weighted by molar-refractivity contribution is 5.79. The van der Waals surface area contributed by atoms with E-state index in [0.29, 0.717) is 24.3 Å². The number of aliphatic imine (C=N–C) groups is 1. The average molecular weight is 420 g/mol. The summed E-state index contributed by atoms with van der Waals surface area (Å²) in [6, 6.07) is 8.04. The maximum atomic E-state index is 10.9. The first-order valence-corrected chi connectivity index (χ1v) is 10.8. The smallest absolute Gasteiger partial charge is 0.255 e. The first kappa shape index (κ1) is 24.0. The van der Waals surface area contributed by atoms with Crippen molar-refractivity contribution in [1.82, 2.24) is 15.5 Å². The van der Waals surface area contributed by atoms with Gasteiger partial charge in [0.2, 0.25) is 0 Å². The predicted octanol–water partition coefficient (Wildman–Crippen LogP) is 1.35. The average Bonchev–Trinajstić information content (AvgIpc) is 2.78. The fourth-order valence-corrected chi connectivity index (χ4v) is 3.84. The molecule has 8 heteroatoms. The van der Waals surface area contributed by atoms with Crippen molar-refractivity contribution in [1.29, 1.82) is 0 Å². The van der Waals surface area contributed by atoms with Gasteiger partial charge in [0, 0.05) is 39.3 Å². The third-order valence-corrected chi connectivity index (χ3v) is 5.55. The van der Waals surface area contributed by atoms with Gasteiger partial charge in [-0.2, -0.15) is 0 Å². The number of hydrogen-bond acceptors (Lipinski definition) is 5. The lowest BCUT2D eigenvalue weighted by atomic mass is 9.92. The van der Waals surface area contributed by atoms with Crippen LogP contribution in [-0.2, 0) is 16.1 Å². The summed E-state index contributed by atoms with van der Waals surface area (Å²) in [6.45, 7) is 9.41. The molecule has 1 aromatic carbocycles. The topological polar surface area (TPSA) is 101 Å². The second-order valence-corrected chi connectivity index (χ2v) is 7.50. The van der Waals surface area contributed by atoms with Crippen LogP contribution in [0, 0.1) is 5.92 Å². The minimum Gasteiger partial charge on any atom is -0.484 e. The third kappa shape index (κ3) is 7.84. The van der Waals surface area contributed by atoms with Gasteiger partial charge in [-0.3, -0.25) is 14.7 Å².